The third kappa shape index (κ3) is 11.1. The Balaban J connectivity index is 0.00000819. The second-order valence-corrected chi connectivity index (χ2v) is 16.2. The van der Waals surface area contributed by atoms with E-state index in [1.54, 1.807) is 6.92 Å². The zero-order valence-corrected chi connectivity index (χ0v) is 39.6. The zero-order chi connectivity index (χ0) is 43.8. The van der Waals surface area contributed by atoms with Crippen LogP contribution in [-0.2, 0) is 34.7 Å². The van der Waals surface area contributed by atoms with Gasteiger partial charge in [0.1, 0.15) is 0 Å². The topological polar surface area (TPSA) is 169 Å². The monoisotopic (exact) mass is 928 g/mol. The Bertz CT molecular complexity index is 2050. The van der Waals surface area contributed by atoms with E-state index in [0.29, 0.717) is 82.6 Å². The smallest absolute Gasteiger partial charge is 0.875 e. The molecule has 5 aliphatic rings. The largest absolute Gasteiger partial charge is 2.00 e. The zero-order valence-electron chi connectivity index (χ0n) is 38.1. The maximum absolute atomic E-state index is 14.4. The molecule has 0 aromatic heterocycles. The van der Waals surface area contributed by atoms with Crippen LogP contribution in [0.2, 0.25) is 0 Å². The van der Waals surface area contributed by atoms with Gasteiger partial charge in [0.2, 0.25) is 5.91 Å². The van der Waals surface area contributed by atoms with Crippen molar-refractivity contribution in [2.24, 2.45) is 43.6 Å². The van der Waals surface area contributed by atoms with E-state index < -0.39 is 11.9 Å². The standard InChI is InChI=1S/C47H68N8O5.Pd/c1-12-32-27(6)35-26-40-43(31(10)56)29(8)37(51-40)24-36-28(7)33(17-18-41(57)48-19-21-54(13-2)14-3)45(52-36)34(23-42(58)60-11)46-44(30(9)38(53-46)25-39(32)50-35)47(59)49-20-22-55(15-4)16-5;/h24-28,32-33,50,56H,12-23H2,1-11H3,(H,48,57)(H,49,59);/q;+2/p-2/b35-26?,36-24?,39-25?,43-31+,46-34?;/t27-,28+,32-,33+;/m1./s1. The van der Waals surface area contributed by atoms with Crippen molar-refractivity contribution in [3.8, 4) is 0 Å². The number of methoxy groups -OCH3 is 1. The SMILES string of the molecule is CC[C@H]1C2=CC3=NC(=C(CC(=O)OC)C4=NC(=CC5=C(C)/C(=C(/C)[O-])C(=N5)C=C(N2)[C@@H]1C)[C@@H](C)[C@@H]4CCC(=O)NCCN(CC)CC)C(C([O-])=NCCN(CC)CC)=C3C.[Pd+2]. The summed E-state index contributed by atoms with van der Waals surface area (Å²) in [6.07, 6.45) is 7.21. The molecule has 2 N–H and O–H groups in total. The van der Waals surface area contributed by atoms with Crippen LogP contribution in [0.15, 0.2) is 100 Å². The van der Waals surface area contributed by atoms with Crippen molar-refractivity contribution in [3.63, 3.8) is 0 Å². The molecule has 14 heteroatoms. The van der Waals surface area contributed by atoms with E-state index in [9.17, 15) is 19.8 Å². The summed E-state index contributed by atoms with van der Waals surface area (Å²) in [5.41, 5.74) is 8.13. The van der Waals surface area contributed by atoms with E-state index >= 15 is 0 Å². The number of fused-ring (bicyclic) bond motifs is 5. The number of nitrogens with zero attached hydrogens (tertiary/aromatic N) is 6. The Morgan fingerprint density at radius 1 is 0.869 bits per heavy atom. The van der Waals surface area contributed by atoms with Crippen LogP contribution in [0.25, 0.3) is 0 Å². The Labute approximate surface area is 377 Å². The molecule has 13 nitrogen and oxygen atoms in total. The van der Waals surface area contributed by atoms with Crippen LogP contribution in [0.4, 0.5) is 0 Å². The molecule has 0 unspecified atom stereocenters. The number of rotatable bonds is 17. The van der Waals surface area contributed by atoms with E-state index in [-0.39, 0.29) is 68.6 Å². The number of likely N-dealkylation sites (N-methyl/N-ethyl adjacent to an activating group) is 2. The first-order valence-electron chi connectivity index (χ1n) is 21.9. The Hall–Kier alpha value is -4.22. The summed E-state index contributed by atoms with van der Waals surface area (Å²) in [5, 5.41) is 34.4. The molecule has 0 aromatic rings. The van der Waals surface area contributed by atoms with Gasteiger partial charge in [0, 0.05) is 78.0 Å². The fraction of sp³-hybridized carbons (Fsp3) is 0.574. The minimum absolute atomic E-state index is 0. The van der Waals surface area contributed by atoms with Gasteiger partial charge in [-0.25, -0.2) is 9.98 Å². The quantitative estimate of drug-likeness (QED) is 0.0682. The summed E-state index contributed by atoms with van der Waals surface area (Å²) in [6.45, 7) is 25.8. The number of hydrogen-bond acceptors (Lipinski definition) is 12. The van der Waals surface area contributed by atoms with Crippen LogP contribution in [-0.4, -0.2) is 104 Å². The van der Waals surface area contributed by atoms with Gasteiger partial charge >= 0.3 is 26.4 Å². The Morgan fingerprint density at radius 3 is 2.15 bits per heavy atom. The number of hydrogen-bond donors (Lipinski definition) is 2. The van der Waals surface area contributed by atoms with Gasteiger partial charge < -0.3 is 35.4 Å². The first-order valence-corrected chi connectivity index (χ1v) is 21.9. The molecule has 334 valence electrons. The molecule has 1 saturated heterocycles. The molecule has 5 aliphatic heterocycles. The van der Waals surface area contributed by atoms with Crippen molar-refractivity contribution in [1.29, 1.82) is 0 Å². The summed E-state index contributed by atoms with van der Waals surface area (Å²) < 4.78 is 5.28. The maximum Gasteiger partial charge on any atom is 2.00 e. The summed E-state index contributed by atoms with van der Waals surface area (Å²) in [4.78, 5) is 51.4. The van der Waals surface area contributed by atoms with Gasteiger partial charge in [-0.05, 0) is 93.7 Å². The summed E-state index contributed by atoms with van der Waals surface area (Å²) in [7, 11) is 1.34. The number of amides is 1. The van der Waals surface area contributed by atoms with E-state index in [2.05, 4.69) is 73.9 Å². The number of ether oxygens (including phenoxy) is 1. The average Bonchev–Trinajstić information content (AvgIpc) is 3.92. The van der Waals surface area contributed by atoms with E-state index in [0.717, 1.165) is 56.1 Å². The first kappa shape index (κ1) is 49.4. The first-order chi connectivity index (χ1) is 28.7. The van der Waals surface area contributed by atoms with Crippen LogP contribution in [0, 0.1) is 23.7 Å². The van der Waals surface area contributed by atoms with Crippen molar-refractivity contribution in [1.82, 2.24) is 20.4 Å². The molecule has 0 saturated carbocycles. The molecule has 1 amide bonds. The molecule has 4 atom stereocenters. The van der Waals surface area contributed by atoms with Crippen molar-refractivity contribution in [3.05, 3.63) is 80.3 Å². The van der Waals surface area contributed by atoms with Crippen molar-refractivity contribution in [2.75, 3.05) is 59.5 Å². The molecule has 5 rings (SSSR count). The summed E-state index contributed by atoms with van der Waals surface area (Å²) >= 11 is 0. The minimum Gasteiger partial charge on any atom is -0.875 e. The van der Waals surface area contributed by atoms with Crippen LogP contribution < -0.4 is 20.8 Å². The number of nitrogens with one attached hydrogen (secondary N) is 2. The number of carbonyl (C=O) groups is 2. The minimum atomic E-state index is -0.506. The average molecular weight is 930 g/mol. The van der Waals surface area contributed by atoms with Crippen LogP contribution in [0.3, 0.4) is 0 Å². The second kappa shape index (κ2) is 22.2. The number of allylic oxidation sites excluding steroid dienone is 10. The normalized spacial score (nSPS) is 23.4. The van der Waals surface area contributed by atoms with Gasteiger partial charge in [-0.2, -0.15) is 0 Å². The van der Waals surface area contributed by atoms with Crippen molar-refractivity contribution in [2.45, 2.75) is 94.9 Å². The van der Waals surface area contributed by atoms with Gasteiger partial charge in [0.05, 0.1) is 48.6 Å². The number of carbonyl (C=O) groups excluding carboxylic acids is 2. The molecule has 1 fully saturated rings. The molecule has 0 aromatic carbocycles. The Morgan fingerprint density at radius 2 is 1.52 bits per heavy atom. The van der Waals surface area contributed by atoms with E-state index in [1.165, 1.54) is 7.11 Å². The third-order valence-electron chi connectivity index (χ3n) is 12.8. The fourth-order valence-electron chi connectivity index (χ4n) is 8.94. The van der Waals surface area contributed by atoms with Gasteiger partial charge in [0.25, 0.3) is 0 Å². The molecule has 5 heterocycles. The summed E-state index contributed by atoms with van der Waals surface area (Å²) in [6, 6.07) is 0. The predicted molar refractivity (Wildman–Crippen MR) is 237 cm³/mol. The van der Waals surface area contributed by atoms with Crippen LogP contribution >= 0.6 is 0 Å². The maximum atomic E-state index is 14.4. The molecule has 61 heavy (non-hydrogen) atoms. The van der Waals surface area contributed by atoms with Gasteiger partial charge in [-0.3, -0.25) is 19.6 Å². The second-order valence-electron chi connectivity index (χ2n) is 16.2. The van der Waals surface area contributed by atoms with E-state index in [4.69, 9.17) is 19.7 Å². The molecule has 0 aliphatic carbocycles. The van der Waals surface area contributed by atoms with Crippen LogP contribution in [0.1, 0.15) is 94.9 Å². The number of aliphatic imine (C=N–C) groups is 4. The molecular weight excluding hydrogens is 863 g/mol. The van der Waals surface area contributed by atoms with E-state index in [1.807, 2.05) is 32.1 Å². The predicted octanol–water partition coefficient (Wildman–Crippen LogP) is 4.91. The molecular formula is C47H66N8O5Pd. The summed E-state index contributed by atoms with van der Waals surface area (Å²) in [5.74, 6) is -1.41. The van der Waals surface area contributed by atoms with Gasteiger partial charge in [-0.1, -0.05) is 55.4 Å². The fourth-order valence-corrected chi connectivity index (χ4v) is 8.94. The molecule has 8 bridgehead atoms. The third-order valence-corrected chi connectivity index (χ3v) is 12.8. The van der Waals surface area contributed by atoms with Gasteiger partial charge in [0.15, 0.2) is 0 Å². The van der Waals surface area contributed by atoms with Crippen molar-refractivity contribution < 1.29 is 45.0 Å². The molecule has 0 spiro atoms. The van der Waals surface area contributed by atoms with Gasteiger partial charge in [-0.15, -0.1) is 5.76 Å². The molecule has 0 radical (unpaired) electrons. The Kier molecular flexibility index (Phi) is 18.0. The van der Waals surface area contributed by atoms with Crippen LogP contribution in [0.5, 0.6) is 0 Å². The number of esters is 1. The van der Waals surface area contributed by atoms with Crippen molar-refractivity contribution >= 4 is 34.9 Å².